The van der Waals surface area contributed by atoms with Crippen LogP contribution in [-0.2, 0) is 25.6 Å². The lowest BCUT2D eigenvalue weighted by Gasteiger charge is -2.24. The molecule has 43 heavy (non-hydrogen) atoms. The van der Waals surface area contributed by atoms with Crippen molar-refractivity contribution < 1.29 is 24.0 Å². The molecule has 2 aromatic carbocycles. The topological polar surface area (TPSA) is 135 Å². The van der Waals surface area contributed by atoms with Gasteiger partial charge in [0.05, 0.1) is 40.0 Å². The molecule has 0 N–H and O–H groups in total. The van der Waals surface area contributed by atoms with E-state index >= 15 is 0 Å². The van der Waals surface area contributed by atoms with E-state index in [1.54, 1.807) is 45.9 Å². The van der Waals surface area contributed by atoms with Crippen LogP contribution in [0.4, 0.5) is 5.69 Å². The molecular formula is C31H30N4O7S. The van der Waals surface area contributed by atoms with E-state index in [0.29, 0.717) is 26.2 Å². The molecule has 4 aromatic rings. The van der Waals surface area contributed by atoms with E-state index in [1.807, 2.05) is 35.8 Å². The number of nitro groups is 1. The van der Waals surface area contributed by atoms with Crippen molar-refractivity contribution >= 4 is 45.9 Å². The summed E-state index contributed by atoms with van der Waals surface area (Å²) in [5.74, 6) is -1.02. The molecule has 1 aliphatic rings. The van der Waals surface area contributed by atoms with E-state index in [2.05, 4.69) is 4.99 Å². The highest BCUT2D eigenvalue weighted by Crippen LogP contribution is 2.33. The molecular weight excluding hydrogens is 572 g/mol. The maximum atomic E-state index is 14.1. The maximum absolute atomic E-state index is 14.1. The highest BCUT2D eigenvalue weighted by atomic mass is 32.1. The Hall–Kier alpha value is -4.84. The van der Waals surface area contributed by atoms with Crippen molar-refractivity contribution in [3.8, 4) is 0 Å². The van der Waals surface area contributed by atoms with E-state index in [4.69, 9.17) is 9.47 Å². The van der Waals surface area contributed by atoms with Crippen LogP contribution in [0.1, 0.15) is 49.2 Å². The van der Waals surface area contributed by atoms with E-state index in [0.717, 1.165) is 33.5 Å². The van der Waals surface area contributed by atoms with Gasteiger partial charge in [0.2, 0.25) is 0 Å². The fraction of sp³-hybridized carbons (Fsp3) is 0.290. The molecule has 1 aliphatic heterocycles. The number of hydrogen-bond donors (Lipinski definition) is 0. The molecule has 11 nitrogen and oxygen atoms in total. The lowest BCUT2D eigenvalue weighted by Crippen LogP contribution is -2.40. The van der Waals surface area contributed by atoms with Crippen LogP contribution in [-0.4, -0.2) is 39.2 Å². The summed E-state index contributed by atoms with van der Waals surface area (Å²) in [5, 5.41) is 12.6. The van der Waals surface area contributed by atoms with Crippen molar-refractivity contribution in [2.24, 2.45) is 4.99 Å². The first-order chi connectivity index (χ1) is 20.6. The third kappa shape index (κ3) is 5.29. The number of para-hydroxylation sites is 1. The molecule has 0 fully saturated rings. The first-order valence-electron chi connectivity index (χ1n) is 13.7. The molecule has 222 valence electrons. The molecule has 0 amide bonds. The van der Waals surface area contributed by atoms with E-state index in [1.165, 1.54) is 10.6 Å². The molecule has 12 heteroatoms. The number of aromatic nitrogens is 2. The number of hydrogen-bond acceptors (Lipinski definition) is 9. The number of nitro benzene ring substituents is 1. The van der Waals surface area contributed by atoms with Crippen molar-refractivity contribution in [2.45, 2.75) is 47.2 Å². The van der Waals surface area contributed by atoms with Crippen LogP contribution in [0.25, 0.3) is 17.0 Å². The number of ether oxygens (including phenoxy) is 2. The van der Waals surface area contributed by atoms with E-state index in [-0.39, 0.29) is 37.0 Å². The predicted molar refractivity (Wildman–Crippen MR) is 162 cm³/mol. The number of carbonyl (C=O) groups excluding carboxylic acids is 2. The molecule has 0 bridgehead atoms. The van der Waals surface area contributed by atoms with Crippen LogP contribution >= 0.6 is 11.3 Å². The first-order valence-corrected chi connectivity index (χ1v) is 14.6. The number of rotatable bonds is 8. The average molecular weight is 603 g/mol. The molecule has 0 saturated heterocycles. The normalized spacial score (nSPS) is 14.9. The van der Waals surface area contributed by atoms with Gasteiger partial charge < -0.3 is 14.0 Å². The summed E-state index contributed by atoms with van der Waals surface area (Å²) in [4.78, 5) is 55.9. The Labute approximate surface area is 250 Å². The monoisotopic (exact) mass is 602 g/mol. The number of benzene rings is 2. The Bertz CT molecular complexity index is 2020. The second-order valence-electron chi connectivity index (χ2n) is 10.0. The molecule has 0 spiro atoms. The third-order valence-electron chi connectivity index (χ3n) is 7.41. The minimum Gasteiger partial charge on any atom is -0.465 e. The van der Waals surface area contributed by atoms with Crippen molar-refractivity contribution in [3.63, 3.8) is 0 Å². The number of carbonyl (C=O) groups is 2. The van der Waals surface area contributed by atoms with Crippen LogP contribution in [0, 0.1) is 24.0 Å². The Morgan fingerprint density at radius 1 is 1.09 bits per heavy atom. The smallest absolute Gasteiger partial charge is 0.338 e. The van der Waals surface area contributed by atoms with Gasteiger partial charge in [-0.05, 0) is 52.3 Å². The summed E-state index contributed by atoms with van der Waals surface area (Å²) < 4.78 is 14.1. The number of fused-ring (bicyclic) bond motifs is 2. The van der Waals surface area contributed by atoms with Gasteiger partial charge in [-0.3, -0.25) is 24.3 Å². The second kappa shape index (κ2) is 11.8. The van der Waals surface area contributed by atoms with Gasteiger partial charge in [0, 0.05) is 33.8 Å². The Morgan fingerprint density at radius 2 is 1.81 bits per heavy atom. The fourth-order valence-electron chi connectivity index (χ4n) is 5.41. The molecule has 5 rings (SSSR count). The predicted octanol–water partition coefficient (Wildman–Crippen LogP) is 3.84. The SMILES string of the molecule is CCOC(=O)Cn1c(C)c(C=c2sc3n(c2=O)C(c2ccc(C)c([N+](=O)[O-])c2)C(C(=O)OCC)=C(C)N=3)c2ccccc21. The van der Waals surface area contributed by atoms with Crippen molar-refractivity contribution in [1.29, 1.82) is 0 Å². The average Bonchev–Trinajstić information content (AvgIpc) is 3.41. The molecule has 2 aromatic heterocycles. The summed E-state index contributed by atoms with van der Waals surface area (Å²) in [5.41, 5.74) is 3.16. The zero-order valence-corrected chi connectivity index (χ0v) is 25.2. The largest absolute Gasteiger partial charge is 0.465 e. The van der Waals surface area contributed by atoms with Crippen LogP contribution < -0.4 is 14.9 Å². The van der Waals surface area contributed by atoms with Gasteiger partial charge in [0.25, 0.3) is 11.2 Å². The minimum absolute atomic E-state index is 0.0174. The van der Waals surface area contributed by atoms with Crippen LogP contribution in [0.3, 0.4) is 0 Å². The number of aryl methyl sites for hydroxylation is 1. The summed E-state index contributed by atoms with van der Waals surface area (Å²) >= 11 is 1.16. The van der Waals surface area contributed by atoms with Crippen LogP contribution in [0.5, 0.6) is 0 Å². The van der Waals surface area contributed by atoms with Crippen LogP contribution in [0.2, 0.25) is 0 Å². The fourth-order valence-corrected chi connectivity index (χ4v) is 6.44. The molecule has 0 radical (unpaired) electrons. The molecule has 0 aliphatic carbocycles. The Kier molecular flexibility index (Phi) is 8.14. The van der Waals surface area contributed by atoms with E-state index < -0.39 is 22.5 Å². The summed E-state index contributed by atoms with van der Waals surface area (Å²) in [7, 11) is 0. The molecule has 1 unspecified atom stereocenters. The summed E-state index contributed by atoms with van der Waals surface area (Å²) in [6, 6.07) is 11.3. The Balaban J connectivity index is 1.75. The lowest BCUT2D eigenvalue weighted by molar-refractivity contribution is -0.385. The third-order valence-corrected chi connectivity index (χ3v) is 8.39. The van der Waals surface area contributed by atoms with Crippen molar-refractivity contribution in [2.75, 3.05) is 13.2 Å². The van der Waals surface area contributed by atoms with E-state index in [9.17, 15) is 24.5 Å². The number of nitrogens with zero attached hydrogens (tertiary/aromatic N) is 4. The standard InChI is InChI=1S/C31H30N4O7S/c1-6-41-26(36)16-33-19(5)22(21-10-8-9-11-23(21)33)15-25-29(37)34-28(20-13-12-17(3)24(14-20)35(39)40)27(30(38)42-7-2)18(4)32-31(34)43-25/h8-15,28H,6-7,16H2,1-5H3. The minimum atomic E-state index is -0.983. The molecule has 1 atom stereocenters. The summed E-state index contributed by atoms with van der Waals surface area (Å²) in [6.07, 6.45) is 1.77. The number of thiazole rings is 1. The van der Waals surface area contributed by atoms with Gasteiger partial charge in [-0.25, -0.2) is 9.79 Å². The van der Waals surface area contributed by atoms with Gasteiger partial charge in [0.15, 0.2) is 4.80 Å². The zero-order chi connectivity index (χ0) is 31.0. The Morgan fingerprint density at radius 3 is 2.51 bits per heavy atom. The maximum Gasteiger partial charge on any atom is 0.338 e. The quantitative estimate of drug-likeness (QED) is 0.170. The van der Waals surface area contributed by atoms with Gasteiger partial charge in [-0.15, -0.1) is 0 Å². The number of esters is 2. The number of allylic oxidation sites excluding steroid dienone is 1. The van der Waals surface area contributed by atoms with Crippen molar-refractivity contribution in [3.05, 3.63) is 106 Å². The zero-order valence-electron chi connectivity index (χ0n) is 24.4. The first kappa shape index (κ1) is 29.6. The molecule has 3 heterocycles. The highest BCUT2D eigenvalue weighted by molar-refractivity contribution is 7.07. The summed E-state index contributed by atoms with van der Waals surface area (Å²) in [6.45, 7) is 8.98. The van der Waals surface area contributed by atoms with Gasteiger partial charge in [0.1, 0.15) is 6.54 Å². The molecule has 0 saturated carbocycles. The van der Waals surface area contributed by atoms with Crippen molar-refractivity contribution in [1.82, 2.24) is 9.13 Å². The van der Waals surface area contributed by atoms with Gasteiger partial charge in [-0.2, -0.15) is 0 Å². The highest BCUT2D eigenvalue weighted by Gasteiger charge is 2.34. The van der Waals surface area contributed by atoms with Gasteiger partial charge >= 0.3 is 11.9 Å². The van der Waals surface area contributed by atoms with Crippen LogP contribution in [0.15, 0.2) is 63.5 Å². The lowest BCUT2D eigenvalue weighted by atomic mass is 9.94. The van der Waals surface area contributed by atoms with Gasteiger partial charge in [-0.1, -0.05) is 41.7 Å². The second-order valence-corrected chi connectivity index (χ2v) is 11.0.